The van der Waals surface area contributed by atoms with Gasteiger partial charge in [-0.3, -0.25) is 4.99 Å². The van der Waals surface area contributed by atoms with Crippen molar-refractivity contribution in [1.29, 1.82) is 0 Å². The van der Waals surface area contributed by atoms with Crippen molar-refractivity contribution in [2.75, 3.05) is 5.75 Å². The van der Waals surface area contributed by atoms with E-state index in [4.69, 9.17) is 4.99 Å². The summed E-state index contributed by atoms with van der Waals surface area (Å²) in [5.74, 6) is 2.74. The highest BCUT2D eigenvalue weighted by Gasteiger charge is 2.27. The third-order valence-corrected chi connectivity index (χ3v) is 4.66. The molecule has 1 saturated carbocycles. The van der Waals surface area contributed by atoms with E-state index in [-0.39, 0.29) is 0 Å². The number of hydrogen-bond acceptors (Lipinski definition) is 3. The monoisotopic (exact) mass is 226 g/mol. The van der Waals surface area contributed by atoms with Crippen LogP contribution in [0.1, 0.15) is 40.0 Å². The Morgan fingerprint density at radius 3 is 2.53 bits per heavy atom. The summed E-state index contributed by atoms with van der Waals surface area (Å²) < 4.78 is 0. The highest BCUT2D eigenvalue weighted by molar-refractivity contribution is 8.14. The lowest BCUT2D eigenvalue weighted by molar-refractivity contribution is 0.259. The Bertz CT molecular complexity index is 246. The highest BCUT2D eigenvalue weighted by atomic mass is 32.2. The van der Waals surface area contributed by atoms with E-state index in [1.165, 1.54) is 24.4 Å². The molecule has 2 aliphatic rings. The molecule has 2 rings (SSSR count). The van der Waals surface area contributed by atoms with Crippen LogP contribution < -0.4 is 5.32 Å². The first kappa shape index (κ1) is 11.3. The van der Waals surface area contributed by atoms with E-state index in [9.17, 15) is 0 Å². The number of aliphatic imine (C=N–C) groups is 1. The fraction of sp³-hybridized carbons (Fsp3) is 0.917. The normalized spacial score (nSPS) is 28.8. The number of rotatable bonds is 3. The van der Waals surface area contributed by atoms with Gasteiger partial charge in [0.15, 0.2) is 5.17 Å². The van der Waals surface area contributed by atoms with Crippen molar-refractivity contribution < 1.29 is 0 Å². The minimum absolute atomic E-state index is 0.533. The Kier molecular flexibility index (Phi) is 3.60. The zero-order valence-corrected chi connectivity index (χ0v) is 10.8. The van der Waals surface area contributed by atoms with Crippen molar-refractivity contribution in [3.63, 3.8) is 0 Å². The van der Waals surface area contributed by atoms with E-state index in [0.717, 1.165) is 11.7 Å². The number of hydrogen-bond donors (Lipinski definition) is 1. The van der Waals surface area contributed by atoms with Crippen molar-refractivity contribution in [1.82, 2.24) is 5.32 Å². The van der Waals surface area contributed by atoms with Crippen LogP contribution in [-0.2, 0) is 0 Å². The van der Waals surface area contributed by atoms with Crippen LogP contribution in [0.3, 0.4) is 0 Å². The lowest BCUT2D eigenvalue weighted by Gasteiger charge is -2.32. The van der Waals surface area contributed by atoms with Crippen molar-refractivity contribution in [3.05, 3.63) is 0 Å². The Balaban J connectivity index is 1.81. The molecule has 1 fully saturated rings. The second-order valence-corrected chi connectivity index (χ2v) is 6.19. The quantitative estimate of drug-likeness (QED) is 0.800. The summed E-state index contributed by atoms with van der Waals surface area (Å²) in [5.41, 5.74) is 0. The molecule has 0 bridgehead atoms. The fourth-order valence-electron chi connectivity index (χ4n) is 2.06. The van der Waals surface area contributed by atoms with Crippen molar-refractivity contribution in [2.24, 2.45) is 16.8 Å². The minimum Gasteiger partial charge on any atom is -0.362 e. The lowest BCUT2D eigenvalue weighted by atomic mass is 9.80. The maximum Gasteiger partial charge on any atom is 0.157 e. The number of nitrogens with zero attached hydrogens (tertiary/aromatic N) is 1. The maximum absolute atomic E-state index is 4.74. The second kappa shape index (κ2) is 4.77. The molecule has 86 valence electrons. The van der Waals surface area contributed by atoms with E-state index in [2.05, 4.69) is 26.1 Å². The van der Waals surface area contributed by atoms with Crippen LogP contribution in [-0.4, -0.2) is 23.0 Å². The molecular formula is C12H22N2S. The van der Waals surface area contributed by atoms with Crippen LogP contribution in [0.5, 0.6) is 0 Å². The van der Waals surface area contributed by atoms with Crippen LogP contribution in [0.15, 0.2) is 4.99 Å². The third-order valence-electron chi connectivity index (χ3n) is 3.65. The van der Waals surface area contributed by atoms with Gasteiger partial charge in [0.1, 0.15) is 0 Å². The van der Waals surface area contributed by atoms with E-state index < -0.39 is 0 Å². The Morgan fingerprint density at radius 1 is 1.33 bits per heavy atom. The molecule has 1 N–H and O–H groups in total. The molecule has 0 aromatic carbocycles. The number of nitrogens with one attached hydrogen (secondary N) is 1. The molecule has 0 spiro atoms. The smallest absolute Gasteiger partial charge is 0.157 e. The topological polar surface area (TPSA) is 24.4 Å². The molecule has 1 heterocycles. The molecular weight excluding hydrogens is 204 g/mol. The molecule has 0 amide bonds. The first-order valence-electron chi connectivity index (χ1n) is 6.14. The standard InChI is InChI=1S/C12H22N2S/c1-8(2)11-7-15-12(14-11)13-9(3)10-5-4-6-10/h8-11H,4-7H2,1-3H3,(H,13,14). The van der Waals surface area contributed by atoms with Crippen molar-refractivity contribution in [2.45, 2.75) is 52.1 Å². The minimum atomic E-state index is 0.533. The zero-order valence-electron chi connectivity index (χ0n) is 9.99. The number of amidine groups is 1. The summed E-state index contributed by atoms with van der Waals surface area (Å²) in [6, 6.07) is 1.15. The van der Waals surface area contributed by atoms with E-state index in [1.54, 1.807) is 0 Å². The van der Waals surface area contributed by atoms with Crippen LogP contribution in [0.2, 0.25) is 0 Å². The molecule has 2 atom stereocenters. The first-order chi connectivity index (χ1) is 7.16. The maximum atomic E-state index is 4.74. The largest absolute Gasteiger partial charge is 0.362 e. The fourth-order valence-corrected chi connectivity index (χ4v) is 3.33. The van der Waals surface area contributed by atoms with Gasteiger partial charge in [0.2, 0.25) is 0 Å². The summed E-state index contributed by atoms with van der Waals surface area (Å²) >= 11 is 1.90. The second-order valence-electron chi connectivity index (χ2n) is 5.18. The van der Waals surface area contributed by atoms with Crippen molar-refractivity contribution >= 4 is 16.9 Å². The summed E-state index contributed by atoms with van der Waals surface area (Å²) in [5, 5.41) is 4.77. The molecule has 2 nitrogen and oxygen atoms in total. The van der Waals surface area contributed by atoms with Gasteiger partial charge < -0.3 is 5.32 Å². The summed E-state index contributed by atoms with van der Waals surface area (Å²) in [7, 11) is 0. The molecule has 1 aliphatic carbocycles. The van der Waals surface area contributed by atoms with Gasteiger partial charge in [-0.05, 0) is 31.6 Å². The van der Waals surface area contributed by atoms with Crippen LogP contribution in [0, 0.1) is 11.8 Å². The Hall–Kier alpha value is -0.180. The highest BCUT2D eigenvalue weighted by Crippen LogP contribution is 2.30. The lowest BCUT2D eigenvalue weighted by Crippen LogP contribution is -2.39. The van der Waals surface area contributed by atoms with Crippen molar-refractivity contribution in [3.8, 4) is 0 Å². The molecule has 15 heavy (non-hydrogen) atoms. The molecule has 1 aliphatic heterocycles. The van der Waals surface area contributed by atoms with Gasteiger partial charge in [-0.15, -0.1) is 0 Å². The average Bonchev–Trinajstić information content (AvgIpc) is 2.48. The van der Waals surface area contributed by atoms with Gasteiger partial charge in [-0.1, -0.05) is 32.0 Å². The Labute approximate surface area is 97.3 Å². The Morgan fingerprint density at radius 2 is 2.07 bits per heavy atom. The predicted molar refractivity (Wildman–Crippen MR) is 68.5 cm³/mol. The predicted octanol–water partition coefficient (Wildman–Crippen LogP) is 2.89. The SMILES string of the molecule is CC(C)C1CSC(NC(C)C2CCC2)=N1. The van der Waals surface area contributed by atoms with Gasteiger partial charge in [-0.2, -0.15) is 0 Å². The summed E-state index contributed by atoms with van der Waals surface area (Å²) in [6.45, 7) is 6.82. The van der Waals surface area contributed by atoms with Gasteiger partial charge in [0.25, 0.3) is 0 Å². The summed E-state index contributed by atoms with van der Waals surface area (Å²) in [6.07, 6.45) is 4.23. The van der Waals surface area contributed by atoms with Gasteiger partial charge in [0, 0.05) is 11.8 Å². The molecule has 0 saturated heterocycles. The van der Waals surface area contributed by atoms with Gasteiger partial charge in [-0.25, -0.2) is 0 Å². The van der Waals surface area contributed by atoms with Crippen LogP contribution >= 0.6 is 11.8 Å². The molecule has 0 aromatic heterocycles. The van der Waals surface area contributed by atoms with Gasteiger partial charge in [0.05, 0.1) is 6.04 Å². The third kappa shape index (κ3) is 2.68. The number of thioether (sulfide) groups is 1. The summed E-state index contributed by atoms with van der Waals surface area (Å²) in [4.78, 5) is 4.74. The molecule has 0 aromatic rings. The zero-order chi connectivity index (χ0) is 10.8. The average molecular weight is 226 g/mol. The van der Waals surface area contributed by atoms with Crippen LogP contribution in [0.4, 0.5) is 0 Å². The van der Waals surface area contributed by atoms with E-state index in [1.807, 2.05) is 11.8 Å². The van der Waals surface area contributed by atoms with Crippen LogP contribution in [0.25, 0.3) is 0 Å². The van der Waals surface area contributed by atoms with E-state index >= 15 is 0 Å². The molecule has 3 heteroatoms. The van der Waals surface area contributed by atoms with Gasteiger partial charge >= 0.3 is 0 Å². The van der Waals surface area contributed by atoms with E-state index in [0.29, 0.717) is 18.0 Å². The first-order valence-corrected chi connectivity index (χ1v) is 7.12. The molecule has 2 unspecified atom stereocenters. The molecule has 0 radical (unpaired) electrons.